The number of piperidine rings is 1. The van der Waals surface area contributed by atoms with Crippen molar-refractivity contribution in [3.63, 3.8) is 0 Å². The molecule has 1 unspecified atom stereocenters. The summed E-state index contributed by atoms with van der Waals surface area (Å²) in [6.07, 6.45) is 0.967. The summed E-state index contributed by atoms with van der Waals surface area (Å²) in [4.78, 5) is 14.7. The minimum atomic E-state index is -3.87. The number of nitrogens with one attached hydrogen (secondary N) is 2. The molecule has 3 N–H and O–H groups in total. The zero-order chi connectivity index (χ0) is 14.8. The van der Waals surface area contributed by atoms with Crippen LogP contribution in [0.2, 0.25) is 0 Å². The molecule has 1 aromatic heterocycles. The van der Waals surface area contributed by atoms with Gasteiger partial charge in [-0.1, -0.05) is 0 Å². The number of methoxy groups -OCH3 is 1. The molecule has 1 fully saturated rings. The first-order valence-electron chi connectivity index (χ1n) is 5.89. The van der Waals surface area contributed by atoms with Gasteiger partial charge in [-0.15, -0.1) is 5.10 Å². The SMILES string of the molecule is COc1n[nH]c(NS(=O)(=O)N2CCCC(C(=O)O)C2)n1. The Morgan fingerprint density at radius 2 is 2.35 bits per heavy atom. The number of hydrogen-bond acceptors (Lipinski definition) is 6. The third kappa shape index (κ3) is 3.17. The lowest BCUT2D eigenvalue weighted by Crippen LogP contribution is -2.44. The molecular formula is C9H15N5O5S. The second kappa shape index (κ2) is 5.63. The van der Waals surface area contributed by atoms with E-state index in [1.54, 1.807) is 0 Å². The summed E-state index contributed by atoms with van der Waals surface area (Å²) in [6.45, 7) is 0.209. The maximum absolute atomic E-state index is 12.1. The maximum Gasteiger partial charge on any atom is 0.336 e. The first-order valence-corrected chi connectivity index (χ1v) is 7.33. The monoisotopic (exact) mass is 305 g/mol. The number of ether oxygens (including phenoxy) is 1. The van der Waals surface area contributed by atoms with Crippen molar-refractivity contribution < 1.29 is 23.1 Å². The lowest BCUT2D eigenvalue weighted by atomic mass is 10.0. The Morgan fingerprint density at radius 1 is 1.60 bits per heavy atom. The van der Waals surface area contributed by atoms with Crippen molar-refractivity contribution in [2.24, 2.45) is 5.92 Å². The van der Waals surface area contributed by atoms with Crippen molar-refractivity contribution in [2.75, 3.05) is 24.9 Å². The minimum absolute atomic E-state index is 0.00440. The summed E-state index contributed by atoms with van der Waals surface area (Å²) in [6, 6.07) is 0.00440. The lowest BCUT2D eigenvalue weighted by Gasteiger charge is -2.29. The number of anilines is 1. The molecule has 11 heteroatoms. The van der Waals surface area contributed by atoms with E-state index in [2.05, 4.69) is 19.9 Å². The third-order valence-electron chi connectivity index (χ3n) is 2.95. The highest BCUT2D eigenvalue weighted by Gasteiger charge is 2.32. The lowest BCUT2D eigenvalue weighted by molar-refractivity contribution is -0.142. The topological polar surface area (TPSA) is 138 Å². The Kier molecular flexibility index (Phi) is 4.09. The molecule has 0 bridgehead atoms. The number of hydrogen-bond donors (Lipinski definition) is 3. The van der Waals surface area contributed by atoms with E-state index >= 15 is 0 Å². The van der Waals surface area contributed by atoms with Crippen molar-refractivity contribution in [3.05, 3.63) is 0 Å². The fourth-order valence-electron chi connectivity index (χ4n) is 1.93. The average molecular weight is 305 g/mol. The number of nitrogens with zero attached hydrogens (tertiary/aromatic N) is 3. The van der Waals surface area contributed by atoms with Gasteiger partial charge >= 0.3 is 22.2 Å². The molecule has 0 aromatic carbocycles. The number of carboxylic acids is 1. The number of rotatable bonds is 5. The number of aromatic nitrogens is 3. The van der Waals surface area contributed by atoms with Crippen LogP contribution in [0, 0.1) is 5.92 Å². The minimum Gasteiger partial charge on any atom is -0.481 e. The molecule has 1 aliphatic heterocycles. The van der Waals surface area contributed by atoms with Crippen LogP contribution in [0.25, 0.3) is 0 Å². The van der Waals surface area contributed by atoms with Gasteiger partial charge in [0.25, 0.3) is 0 Å². The largest absolute Gasteiger partial charge is 0.481 e. The van der Waals surface area contributed by atoms with Crippen LogP contribution in [-0.2, 0) is 15.0 Å². The molecule has 20 heavy (non-hydrogen) atoms. The number of aliphatic carboxylic acids is 1. The van der Waals surface area contributed by atoms with Gasteiger partial charge in [-0.3, -0.25) is 4.79 Å². The summed E-state index contributed by atoms with van der Waals surface area (Å²) in [7, 11) is -2.52. The van der Waals surface area contributed by atoms with Crippen molar-refractivity contribution in [2.45, 2.75) is 12.8 Å². The fourth-order valence-corrected chi connectivity index (χ4v) is 3.14. The quantitative estimate of drug-likeness (QED) is 0.651. The van der Waals surface area contributed by atoms with Crippen molar-refractivity contribution >= 4 is 22.1 Å². The van der Waals surface area contributed by atoms with Gasteiger partial charge < -0.3 is 9.84 Å². The first-order chi connectivity index (χ1) is 9.42. The highest BCUT2D eigenvalue weighted by atomic mass is 32.2. The predicted molar refractivity (Wildman–Crippen MR) is 67.4 cm³/mol. The molecule has 1 atom stereocenters. The summed E-state index contributed by atoms with van der Waals surface area (Å²) in [5.41, 5.74) is 0. The van der Waals surface area contributed by atoms with Crippen LogP contribution >= 0.6 is 0 Å². The van der Waals surface area contributed by atoms with Crippen LogP contribution in [0.5, 0.6) is 6.01 Å². The van der Waals surface area contributed by atoms with Crippen LogP contribution in [0.15, 0.2) is 0 Å². The summed E-state index contributed by atoms with van der Waals surface area (Å²) >= 11 is 0. The van der Waals surface area contributed by atoms with E-state index in [-0.39, 0.29) is 25.0 Å². The molecule has 1 saturated heterocycles. The van der Waals surface area contributed by atoms with Gasteiger partial charge in [-0.05, 0) is 12.8 Å². The van der Waals surface area contributed by atoms with Crippen LogP contribution in [0.4, 0.5) is 5.95 Å². The van der Waals surface area contributed by atoms with Crippen LogP contribution in [0.3, 0.4) is 0 Å². The Labute approximate surface area is 115 Å². The van der Waals surface area contributed by atoms with Crippen molar-refractivity contribution in [1.82, 2.24) is 19.5 Å². The normalized spacial score (nSPS) is 20.6. The van der Waals surface area contributed by atoms with E-state index in [0.29, 0.717) is 12.8 Å². The molecule has 0 radical (unpaired) electrons. The smallest absolute Gasteiger partial charge is 0.336 e. The van der Waals surface area contributed by atoms with E-state index in [9.17, 15) is 13.2 Å². The van der Waals surface area contributed by atoms with E-state index in [4.69, 9.17) is 9.84 Å². The third-order valence-corrected chi connectivity index (χ3v) is 4.41. The van der Waals surface area contributed by atoms with Gasteiger partial charge in [0, 0.05) is 13.1 Å². The molecule has 1 aliphatic rings. The molecule has 0 aliphatic carbocycles. The number of carboxylic acid groups (broad SMARTS) is 1. The standard InChI is InChI=1S/C9H15N5O5S/c1-19-9-10-8(11-12-9)13-20(17,18)14-4-2-3-6(5-14)7(15)16/h6H,2-5H2,1H3,(H,15,16)(H2,10,11,12,13). The Morgan fingerprint density at radius 3 is 2.95 bits per heavy atom. The second-order valence-electron chi connectivity index (χ2n) is 4.31. The Hall–Kier alpha value is -1.88. The predicted octanol–water partition coefficient (Wildman–Crippen LogP) is -0.733. The fraction of sp³-hybridized carbons (Fsp3) is 0.667. The molecule has 0 spiro atoms. The van der Waals surface area contributed by atoms with Crippen molar-refractivity contribution in [1.29, 1.82) is 0 Å². The molecular weight excluding hydrogens is 290 g/mol. The van der Waals surface area contributed by atoms with Crippen LogP contribution in [0.1, 0.15) is 12.8 Å². The molecule has 0 saturated carbocycles. The van der Waals surface area contributed by atoms with Crippen molar-refractivity contribution in [3.8, 4) is 6.01 Å². The highest BCUT2D eigenvalue weighted by molar-refractivity contribution is 7.90. The van der Waals surface area contributed by atoms with Gasteiger partial charge in [0.2, 0.25) is 5.95 Å². The maximum atomic E-state index is 12.1. The summed E-state index contributed by atoms with van der Waals surface area (Å²) < 4.78 is 32.2. The van der Waals surface area contributed by atoms with Gasteiger partial charge in [-0.25, -0.2) is 9.82 Å². The van der Waals surface area contributed by atoms with Gasteiger partial charge in [-0.2, -0.15) is 17.7 Å². The van der Waals surface area contributed by atoms with Crippen LogP contribution in [-0.4, -0.2) is 59.2 Å². The van der Waals surface area contributed by atoms with E-state index in [0.717, 1.165) is 4.31 Å². The average Bonchev–Trinajstić information content (AvgIpc) is 2.86. The molecule has 112 valence electrons. The Bertz CT molecular complexity index is 585. The molecule has 2 heterocycles. The number of H-pyrrole nitrogens is 1. The molecule has 10 nitrogen and oxygen atoms in total. The molecule has 1 aromatic rings. The number of aromatic amines is 1. The van der Waals surface area contributed by atoms with Gasteiger partial charge in [0.15, 0.2) is 0 Å². The van der Waals surface area contributed by atoms with Gasteiger partial charge in [0.05, 0.1) is 13.0 Å². The molecule has 0 amide bonds. The Balaban J connectivity index is 2.07. The summed E-state index contributed by atoms with van der Waals surface area (Å²) in [5.74, 6) is -1.77. The van der Waals surface area contributed by atoms with Gasteiger partial charge in [0.1, 0.15) is 0 Å². The molecule has 2 rings (SSSR count). The van der Waals surface area contributed by atoms with E-state index in [1.807, 2.05) is 0 Å². The highest BCUT2D eigenvalue weighted by Crippen LogP contribution is 2.20. The first kappa shape index (κ1) is 14.5. The zero-order valence-corrected chi connectivity index (χ0v) is 11.6. The van der Waals surface area contributed by atoms with Crippen LogP contribution < -0.4 is 9.46 Å². The second-order valence-corrected chi connectivity index (χ2v) is 5.98. The van der Waals surface area contributed by atoms with E-state index in [1.165, 1.54) is 7.11 Å². The zero-order valence-electron chi connectivity index (χ0n) is 10.7. The van der Waals surface area contributed by atoms with E-state index < -0.39 is 22.1 Å². The number of carbonyl (C=O) groups is 1. The summed E-state index contributed by atoms with van der Waals surface area (Å²) in [5, 5.41) is 14.9.